The minimum Gasteiger partial charge on any atom is -0.485 e. The molecule has 1 aromatic heterocycles. The number of ether oxygens (including phenoxy) is 1. The van der Waals surface area contributed by atoms with E-state index in [1.807, 2.05) is 24.3 Å². The first-order valence-corrected chi connectivity index (χ1v) is 7.46. The van der Waals surface area contributed by atoms with Crippen molar-refractivity contribution in [3.8, 4) is 16.9 Å². The Labute approximate surface area is 131 Å². The number of aromatic nitrogens is 1. The number of fused-ring (bicyclic) bond motifs is 2. The van der Waals surface area contributed by atoms with Gasteiger partial charge < -0.3 is 15.5 Å². The minimum atomic E-state index is -0.393. The molecule has 23 heavy (non-hydrogen) atoms. The molecule has 116 valence electrons. The fourth-order valence-corrected chi connectivity index (χ4v) is 3.05. The van der Waals surface area contributed by atoms with Crippen LogP contribution in [0.2, 0.25) is 0 Å². The van der Waals surface area contributed by atoms with Crippen LogP contribution >= 0.6 is 0 Å². The fraction of sp³-hybridized carbons (Fsp3) is 0.167. The third kappa shape index (κ3) is 2.29. The maximum absolute atomic E-state index is 14.3. The largest absolute Gasteiger partial charge is 0.485 e. The van der Waals surface area contributed by atoms with Crippen LogP contribution in [0.25, 0.3) is 21.9 Å². The van der Waals surface area contributed by atoms with E-state index in [0.29, 0.717) is 24.1 Å². The molecule has 1 aliphatic heterocycles. The molecular formula is C18H15FN2O2. The van der Waals surface area contributed by atoms with Crippen molar-refractivity contribution in [2.75, 3.05) is 6.54 Å². The third-order valence-corrected chi connectivity index (χ3v) is 4.22. The van der Waals surface area contributed by atoms with Crippen molar-refractivity contribution in [3.05, 3.63) is 64.3 Å². The number of benzene rings is 2. The lowest BCUT2D eigenvalue weighted by atomic mass is 9.98. The van der Waals surface area contributed by atoms with Gasteiger partial charge in [0, 0.05) is 30.1 Å². The molecule has 3 aromatic rings. The Morgan fingerprint density at radius 3 is 2.91 bits per heavy atom. The number of H-pyrrole nitrogens is 1. The number of halogens is 1. The van der Waals surface area contributed by atoms with E-state index in [9.17, 15) is 9.18 Å². The molecular weight excluding hydrogens is 295 g/mol. The first-order valence-electron chi connectivity index (χ1n) is 7.46. The lowest BCUT2D eigenvalue weighted by Crippen LogP contribution is -2.24. The van der Waals surface area contributed by atoms with Crippen LogP contribution in [0, 0.1) is 5.82 Å². The third-order valence-electron chi connectivity index (χ3n) is 4.22. The van der Waals surface area contributed by atoms with Crippen molar-refractivity contribution in [2.45, 2.75) is 12.5 Å². The number of aromatic amines is 1. The Morgan fingerprint density at radius 1 is 1.22 bits per heavy atom. The molecule has 2 aromatic carbocycles. The predicted octanol–water partition coefficient (Wildman–Crippen LogP) is 2.60. The standard InChI is InChI=1S/C18H15FN2O2/c19-16-8-12(5-13-6-14(9-20)23-17(13)16)11-2-1-10-3-4-21-18(22)15(10)7-11/h1-5,7-8,14H,6,9,20H2,(H,21,22). The zero-order chi connectivity index (χ0) is 16.0. The molecule has 0 radical (unpaired) electrons. The van der Waals surface area contributed by atoms with E-state index in [1.165, 1.54) is 6.07 Å². The summed E-state index contributed by atoms with van der Waals surface area (Å²) in [6.45, 7) is 0.356. The molecule has 0 amide bonds. The van der Waals surface area contributed by atoms with Crippen LogP contribution in [0.5, 0.6) is 5.75 Å². The zero-order valence-electron chi connectivity index (χ0n) is 12.3. The second kappa shape index (κ2) is 5.21. The number of nitrogens with one attached hydrogen (secondary N) is 1. The highest BCUT2D eigenvalue weighted by Gasteiger charge is 2.25. The van der Waals surface area contributed by atoms with Crippen LogP contribution in [0.3, 0.4) is 0 Å². The molecule has 0 spiro atoms. The van der Waals surface area contributed by atoms with Gasteiger partial charge in [-0.1, -0.05) is 12.1 Å². The van der Waals surface area contributed by atoms with E-state index < -0.39 is 5.82 Å². The van der Waals surface area contributed by atoms with Crippen LogP contribution in [0.1, 0.15) is 5.56 Å². The quantitative estimate of drug-likeness (QED) is 0.764. The van der Waals surface area contributed by atoms with E-state index in [4.69, 9.17) is 10.5 Å². The molecule has 0 bridgehead atoms. The van der Waals surface area contributed by atoms with Gasteiger partial charge in [0.2, 0.25) is 0 Å². The van der Waals surface area contributed by atoms with Crippen molar-refractivity contribution in [2.24, 2.45) is 5.73 Å². The van der Waals surface area contributed by atoms with Crippen molar-refractivity contribution < 1.29 is 9.13 Å². The maximum Gasteiger partial charge on any atom is 0.255 e. The Kier molecular flexibility index (Phi) is 3.16. The van der Waals surface area contributed by atoms with E-state index in [1.54, 1.807) is 12.3 Å². The zero-order valence-corrected chi connectivity index (χ0v) is 12.3. The van der Waals surface area contributed by atoms with Gasteiger partial charge in [-0.25, -0.2) is 4.39 Å². The lowest BCUT2D eigenvalue weighted by Gasteiger charge is -2.08. The summed E-state index contributed by atoms with van der Waals surface area (Å²) in [5.74, 6) is -0.0987. The molecule has 5 heteroatoms. The number of hydrogen-bond acceptors (Lipinski definition) is 3. The van der Waals surface area contributed by atoms with Gasteiger partial charge in [0.15, 0.2) is 11.6 Å². The van der Waals surface area contributed by atoms with Crippen molar-refractivity contribution in [1.82, 2.24) is 4.98 Å². The van der Waals surface area contributed by atoms with Crippen molar-refractivity contribution in [1.29, 1.82) is 0 Å². The molecule has 0 fully saturated rings. The molecule has 1 aliphatic rings. The monoisotopic (exact) mass is 310 g/mol. The van der Waals surface area contributed by atoms with Gasteiger partial charge in [0.05, 0.1) is 0 Å². The summed E-state index contributed by atoms with van der Waals surface area (Å²) in [4.78, 5) is 14.6. The second-order valence-electron chi connectivity index (χ2n) is 5.73. The van der Waals surface area contributed by atoms with Gasteiger partial charge in [0.1, 0.15) is 6.10 Å². The Morgan fingerprint density at radius 2 is 2.09 bits per heavy atom. The second-order valence-corrected chi connectivity index (χ2v) is 5.73. The smallest absolute Gasteiger partial charge is 0.255 e. The van der Waals surface area contributed by atoms with E-state index in [2.05, 4.69) is 4.98 Å². The average molecular weight is 310 g/mol. The highest BCUT2D eigenvalue weighted by Crippen LogP contribution is 2.36. The van der Waals surface area contributed by atoms with Crippen LogP contribution in [-0.2, 0) is 6.42 Å². The van der Waals surface area contributed by atoms with Crippen molar-refractivity contribution >= 4 is 10.8 Å². The minimum absolute atomic E-state index is 0.155. The molecule has 4 rings (SSSR count). The summed E-state index contributed by atoms with van der Waals surface area (Å²) in [6, 6.07) is 10.7. The molecule has 4 nitrogen and oxygen atoms in total. The number of nitrogens with two attached hydrogens (primary N) is 1. The topological polar surface area (TPSA) is 68.1 Å². The molecule has 0 saturated carbocycles. The lowest BCUT2D eigenvalue weighted by molar-refractivity contribution is 0.232. The Hall–Kier alpha value is -2.66. The molecule has 0 aliphatic carbocycles. The van der Waals surface area contributed by atoms with Crippen LogP contribution in [0.4, 0.5) is 4.39 Å². The van der Waals surface area contributed by atoms with Gasteiger partial charge in [-0.05, 0) is 40.8 Å². The first kappa shape index (κ1) is 14.0. The molecule has 0 saturated heterocycles. The first-order chi connectivity index (χ1) is 11.2. The predicted molar refractivity (Wildman–Crippen MR) is 87.1 cm³/mol. The summed E-state index contributed by atoms with van der Waals surface area (Å²) in [5.41, 5.74) is 7.80. The van der Waals surface area contributed by atoms with Gasteiger partial charge in [-0.15, -0.1) is 0 Å². The summed E-state index contributed by atoms with van der Waals surface area (Å²) in [7, 11) is 0. The van der Waals surface area contributed by atoms with Crippen LogP contribution in [-0.4, -0.2) is 17.6 Å². The summed E-state index contributed by atoms with van der Waals surface area (Å²) >= 11 is 0. The van der Waals surface area contributed by atoms with E-state index in [0.717, 1.165) is 22.1 Å². The van der Waals surface area contributed by atoms with E-state index >= 15 is 0 Å². The SMILES string of the molecule is NCC1Cc2cc(-c3ccc4cc[nH]c(=O)c4c3)cc(F)c2O1. The van der Waals surface area contributed by atoms with Crippen LogP contribution < -0.4 is 16.0 Å². The molecule has 1 unspecified atom stereocenters. The summed E-state index contributed by atoms with van der Waals surface area (Å²) < 4.78 is 19.8. The normalized spacial score (nSPS) is 16.3. The van der Waals surface area contributed by atoms with Gasteiger partial charge in [0.25, 0.3) is 5.56 Å². The summed E-state index contributed by atoms with van der Waals surface area (Å²) in [6.07, 6.45) is 2.04. The summed E-state index contributed by atoms with van der Waals surface area (Å²) in [5, 5.41) is 1.44. The number of hydrogen-bond donors (Lipinski definition) is 2. The molecule has 2 heterocycles. The highest BCUT2D eigenvalue weighted by atomic mass is 19.1. The average Bonchev–Trinajstić information content (AvgIpc) is 2.99. The Balaban J connectivity index is 1.85. The number of rotatable bonds is 2. The van der Waals surface area contributed by atoms with Gasteiger partial charge in [-0.3, -0.25) is 4.79 Å². The van der Waals surface area contributed by atoms with Crippen LogP contribution in [0.15, 0.2) is 47.4 Å². The molecule has 1 atom stereocenters. The van der Waals surface area contributed by atoms with Crippen molar-refractivity contribution in [3.63, 3.8) is 0 Å². The fourth-order valence-electron chi connectivity index (χ4n) is 3.05. The number of pyridine rings is 1. The Bertz CT molecular complexity index is 965. The van der Waals surface area contributed by atoms with Gasteiger partial charge >= 0.3 is 0 Å². The highest BCUT2D eigenvalue weighted by molar-refractivity contribution is 5.86. The van der Waals surface area contributed by atoms with Gasteiger partial charge in [-0.2, -0.15) is 0 Å². The molecule has 3 N–H and O–H groups in total. The van der Waals surface area contributed by atoms with E-state index in [-0.39, 0.29) is 11.7 Å². The maximum atomic E-state index is 14.3.